The van der Waals surface area contributed by atoms with Gasteiger partial charge in [-0.3, -0.25) is 4.98 Å². The Labute approximate surface area is 146 Å². The molecule has 0 spiro atoms. The van der Waals surface area contributed by atoms with Crippen molar-refractivity contribution in [1.82, 2.24) is 15.6 Å². The fourth-order valence-corrected chi connectivity index (χ4v) is 2.67. The number of urea groups is 1. The molecule has 7 heteroatoms. The van der Waals surface area contributed by atoms with Crippen molar-refractivity contribution in [1.29, 1.82) is 0 Å². The number of aliphatic hydroxyl groups excluding tert-OH is 1. The fraction of sp³-hybridized carbons (Fsp3) is 0.333. The van der Waals surface area contributed by atoms with Gasteiger partial charge in [-0.2, -0.15) is 0 Å². The third kappa shape index (κ3) is 4.99. The van der Waals surface area contributed by atoms with Gasteiger partial charge in [-0.25, -0.2) is 4.79 Å². The van der Waals surface area contributed by atoms with Crippen molar-refractivity contribution in [3.05, 3.63) is 60.4 Å². The molecule has 1 fully saturated rings. The number of anilines is 1. The van der Waals surface area contributed by atoms with Crippen LogP contribution in [0.3, 0.4) is 0 Å². The standard InChI is InChI=1S/C18H22N4O3/c23-17-15(20-10-14-8-4-5-9-19-14)12-25-16(17)11-21-18(24)22-13-6-2-1-3-7-13/h1-9,15-17,20,23H,10-12H2,(H2,21,22,24). The molecule has 0 aliphatic carbocycles. The summed E-state index contributed by atoms with van der Waals surface area (Å²) in [4.78, 5) is 16.1. The molecule has 1 aliphatic rings. The second kappa shape index (κ2) is 8.57. The molecular formula is C18H22N4O3. The molecule has 132 valence electrons. The number of carbonyl (C=O) groups is 1. The molecule has 0 radical (unpaired) electrons. The monoisotopic (exact) mass is 342 g/mol. The van der Waals surface area contributed by atoms with Crippen molar-refractivity contribution < 1.29 is 14.6 Å². The highest BCUT2D eigenvalue weighted by Crippen LogP contribution is 2.14. The van der Waals surface area contributed by atoms with Crippen molar-refractivity contribution in [2.75, 3.05) is 18.5 Å². The number of nitrogens with zero attached hydrogens (tertiary/aromatic N) is 1. The largest absolute Gasteiger partial charge is 0.389 e. The normalized spacial score (nSPS) is 22.5. The molecule has 2 heterocycles. The number of pyridine rings is 1. The van der Waals surface area contributed by atoms with Crippen LogP contribution in [0.15, 0.2) is 54.7 Å². The van der Waals surface area contributed by atoms with Crippen LogP contribution >= 0.6 is 0 Å². The molecule has 1 aliphatic heterocycles. The number of para-hydroxylation sites is 1. The lowest BCUT2D eigenvalue weighted by molar-refractivity contribution is 0.0428. The molecule has 1 saturated heterocycles. The molecule has 4 N–H and O–H groups in total. The number of rotatable bonds is 6. The summed E-state index contributed by atoms with van der Waals surface area (Å²) < 4.78 is 5.59. The third-order valence-electron chi connectivity index (χ3n) is 4.05. The summed E-state index contributed by atoms with van der Waals surface area (Å²) in [5, 5.41) is 19.0. The highest BCUT2D eigenvalue weighted by atomic mass is 16.5. The fourth-order valence-electron chi connectivity index (χ4n) is 2.67. The van der Waals surface area contributed by atoms with Gasteiger partial charge in [-0.05, 0) is 24.3 Å². The van der Waals surface area contributed by atoms with Crippen LogP contribution in [0.4, 0.5) is 10.5 Å². The van der Waals surface area contributed by atoms with Gasteiger partial charge in [0.25, 0.3) is 0 Å². The van der Waals surface area contributed by atoms with Crippen LogP contribution in [-0.4, -0.2) is 47.5 Å². The van der Waals surface area contributed by atoms with Crippen LogP contribution in [-0.2, 0) is 11.3 Å². The molecular weight excluding hydrogens is 320 g/mol. The van der Waals surface area contributed by atoms with Crippen molar-refractivity contribution in [3.8, 4) is 0 Å². The Balaban J connectivity index is 1.41. The van der Waals surface area contributed by atoms with Crippen molar-refractivity contribution >= 4 is 11.7 Å². The molecule has 0 bridgehead atoms. The SMILES string of the molecule is O=C(NCC1OCC(NCc2ccccn2)C1O)Nc1ccccc1. The Morgan fingerprint density at radius 1 is 1.20 bits per heavy atom. The summed E-state index contributed by atoms with van der Waals surface area (Å²) in [6.07, 6.45) is 0.597. The van der Waals surface area contributed by atoms with Crippen LogP contribution in [0.25, 0.3) is 0 Å². The maximum absolute atomic E-state index is 11.9. The molecule has 1 aromatic carbocycles. The Kier molecular flexibility index (Phi) is 5.95. The first-order valence-corrected chi connectivity index (χ1v) is 8.25. The molecule has 0 saturated carbocycles. The highest BCUT2D eigenvalue weighted by molar-refractivity contribution is 5.89. The van der Waals surface area contributed by atoms with E-state index in [0.717, 1.165) is 5.69 Å². The maximum Gasteiger partial charge on any atom is 0.319 e. The van der Waals surface area contributed by atoms with Crippen molar-refractivity contribution in [2.45, 2.75) is 24.8 Å². The number of amides is 2. The molecule has 3 atom stereocenters. The summed E-state index contributed by atoms with van der Waals surface area (Å²) in [6, 6.07) is 14.4. The van der Waals surface area contributed by atoms with Crippen molar-refractivity contribution in [2.24, 2.45) is 0 Å². The van der Waals surface area contributed by atoms with E-state index in [-0.39, 0.29) is 18.6 Å². The van der Waals surface area contributed by atoms with Crippen LogP contribution in [0.1, 0.15) is 5.69 Å². The van der Waals surface area contributed by atoms with E-state index in [1.807, 2.05) is 36.4 Å². The summed E-state index contributed by atoms with van der Waals surface area (Å²) in [5.74, 6) is 0. The van der Waals surface area contributed by atoms with Crippen LogP contribution in [0, 0.1) is 0 Å². The van der Waals surface area contributed by atoms with Gasteiger partial charge >= 0.3 is 6.03 Å². The average molecular weight is 342 g/mol. The maximum atomic E-state index is 11.9. The highest BCUT2D eigenvalue weighted by Gasteiger charge is 2.35. The number of carbonyl (C=O) groups excluding carboxylic acids is 1. The van der Waals surface area contributed by atoms with E-state index < -0.39 is 12.2 Å². The van der Waals surface area contributed by atoms with E-state index in [4.69, 9.17) is 4.74 Å². The quantitative estimate of drug-likeness (QED) is 0.631. The Morgan fingerprint density at radius 3 is 2.76 bits per heavy atom. The molecule has 3 unspecified atom stereocenters. The lowest BCUT2D eigenvalue weighted by atomic mass is 10.1. The summed E-state index contributed by atoms with van der Waals surface area (Å²) in [7, 11) is 0. The zero-order valence-corrected chi connectivity index (χ0v) is 13.8. The van der Waals surface area contributed by atoms with E-state index in [9.17, 15) is 9.90 Å². The van der Waals surface area contributed by atoms with Gasteiger partial charge in [-0.1, -0.05) is 24.3 Å². The number of benzene rings is 1. The van der Waals surface area contributed by atoms with Gasteiger partial charge < -0.3 is 25.8 Å². The van der Waals surface area contributed by atoms with E-state index in [0.29, 0.717) is 18.8 Å². The molecule has 7 nitrogen and oxygen atoms in total. The van der Waals surface area contributed by atoms with Gasteiger partial charge in [-0.15, -0.1) is 0 Å². The van der Waals surface area contributed by atoms with Gasteiger partial charge in [0.2, 0.25) is 0 Å². The first kappa shape index (κ1) is 17.3. The number of aliphatic hydroxyl groups is 1. The van der Waals surface area contributed by atoms with Crippen LogP contribution < -0.4 is 16.0 Å². The topological polar surface area (TPSA) is 95.5 Å². The van der Waals surface area contributed by atoms with Crippen LogP contribution in [0.5, 0.6) is 0 Å². The summed E-state index contributed by atoms with van der Waals surface area (Å²) in [6.45, 7) is 1.18. The van der Waals surface area contributed by atoms with Crippen LogP contribution in [0.2, 0.25) is 0 Å². The zero-order valence-electron chi connectivity index (χ0n) is 13.8. The zero-order chi connectivity index (χ0) is 17.5. The predicted molar refractivity (Wildman–Crippen MR) is 94.1 cm³/mol. The second-order valence-corrected chi connectivity index (χ2v) is 5.87. The van der Waals surface area contributed by atoms with Gasteiger partial charge in [0.05, 0.1) is 24.4 Å². The number of nitrogens with one attached hydrogen (secondary N) is 3. The Morgan fingerprint density at radius 2 is 2.00 bits per heavy atom. The minimum absolute atomic E-state index is 0.189. The lowest BCUT2D eigenvalue weighted by Crippen LogP contribution is -2.45. The predicted octanol–water partition coefficient (Wildman–Crippen LogP) is 1.12. The number of ether oxygens (including phenoxy) is 1. The van der Waals surface area contributed by atoms with E-state index in [1.165, 1.54) is 0 Å². The molecule has 3 rings (SSSR count). The molecule has 2 aromatic rings. The number of hydrogen-bond donors (Lipinski definition) is 4. The Hall–Kier alpha value is -2.48. The second-order valence-electron chi connectivity index (χ2n) is 5.87. The van der Waals surface area contributed by atoms with E-state index in [2.05, 4.69) is 20.9 Å². The lowest BCUT2D eigenvalue weighted by Gasteiger charge is -2.19. The van der Waals surface area contributed by atoms with E-state index >= 15 is 0 Å². The Bertz CT molecular complexity index is 669. The number of aromatic nitrogens is 1. The molecule has 1 aromatic heterocycles. The van der Waals surface area contributed by atoms with Gasteiger partial charge in [0.1, 0.15) is 6.10 Å². The van der Waals surface area contributed by atoms with Crippen molar-refractivity contribution in [3.63, 3.8) is 0 Å². The van der Waals surface area contributed by atoms with Gasteiger partial charge in [0, 0.05) is 25.0 Å². The van der Waals surface area contributed by atoms with Gasteiger partial charge in [0.15, 0.2) is 0 Å². The smallest absolute Gasteiger partial charge is 0.319 e. The number of hydrogen-bond acceptors (Lipinski definition) is 5. The molecule has 25 heavy (non-hydrogen) atoms. The first-order valence-electron chi connectivity index (χ1n) is 8.25. The minimum atomic E-state index is -0.694. The first-order chi connectivity index (χ1) is 12.2. The summed E-state index contributed by atoms with van der Waals surface area (Å²) >= 11 is 0. The third-order valence-corrected chi connectivity index (χ3v) is 4.05. The van der Waals surface area contributed by atoms with E-state index in [1.54, 1.807) is 18.3 Å². The molecule has 2 amide bonds. The minimum Gasteiger partial charge on any atom is -0.389 e. The summed E-state index contributed by atoms with van der Waals surface area (Å²) in [5.41, 5.74) is 1.61. The average Bonchev–Trinajstić information content (AvgIpc) is 3.00.